The molecule has 0 spiro atoms. The molecule has 0 aromatic rings. The molecule has 0 radical (unpaired) electrons. The lowest BCUT2D eigenvalue weighted by atomic mass is 10.4. The van der Waals surface area contributed by atoms with Gasteiger partial charge in [0.1, 0.15) is 0 Å². The van der Waals surface area contributed by atoms with E-state index in [-0.39, 0.29) is 11.1 Å². The van der Waals surface area contributed by atoms with Crippen LogP contribution in [0.4, 0.5) is 0 Å². The van der Waals surface area contributed by atoms with E-state index in [2.05, 4.69) is 13.2 Å². The summed E-state index contributed by atoms with van der Waals surface area (Å²) in [6.45, 7) is 16.2. The molecular formula is C14H26O6. The highest BCUT2D eigenvalue weighted by Crippen LogP contribution is 1.81. The number of carbonyl (C=O) groups is 2. The van der Waals surface area contributed by atoms with E-state index in [1.54, 1.807) is 0 Å². The predicted octanol–water partition coefficient (Wildman–Crippen LogP) is 2.35. The Morgan fingerprint density at radius 2 is 1.05 bits per heavy atom. The Bertz CT molecular complexity index is 242. The molecule has 0 amide bonds. The molecular weight excluding hydrogens is 264 g/mol. The van der Waals surface area contributed by atoms with Gasteiger partial charge in [0.2, 0.25) is 0 Å². The Morgan fingerprint density at radius 3 is 1.15 bits per heavy atom. The molecule has 20 heavy (non-hydrogen) atoms. The van der Waals surface area contributed by atoms with Crippen LogP contribution < -0.4 is 0 Å². The van der Waals surface area contributed by atoms with E-state index in [1.165, 1.54) is 13.8 Å². The van der Waals surface area contributed by atoms with Crippen LogP contribution in [0, 0.1) is 0 Å². The first kappa shape index (κ1) is 23.4. The molecule has 0 saturated carbocycles. The Balaban J connectivity index is -0.000000221. The zero-order chi connectivity index (χ0) is 16.6. The van der Waals surface area contributed by atoms with Crippen LogP contribution in [0.1, 0.15) is 27.7 Å². The number of ether oxygens (including phenoxy) is 2. The number of rotatable bonds is 7. The van der Waals surface area contributed by atoms with Gasteiger partial charge in [0.25, 0.3) is 0 Å². The van der Waals surface area contributed by atoms with Gasteiger partial charge in [0.15, 0.2) is 0 Å². The summed E-state index contributed by atoms with van der Waals surface area (Å²) in [5.74, 6) is -1.87. The van der Waals surface area contributed by atoms with Crippen molar-refractivity contribution < 1.29 is 29.3 Å². The van der Waals surface area contributed by atoms with E-state index in [9.17, 15) is 9.59 Å². The predicted molar refractivity (Wildman–Crippen MR) is 77.9 cm³/mol. The summed E-state index contributed by atoms with van der Waals surface area (Å²) in [5.41, 5.74) is 0.352. The average molecular weight is 290 g/mol. The van der Waals surface area contributed by atoms with E-state index in [0.717, 1.165) is 26.4 Å². The second-order valence-electron chi connectivity index (χ2n) is 3.56. The van der Waals surface area contributed by atoms with Gasteiger partial charge in [-0.2, -0.15) is 0 Å². The third kappa shape index (κ3) is 29.9. The summed E-state index contributed by atoms with van der Waals surface area (Å²) < 4.78 is 10.0. The molecule has 6 heteroatoms. The van der Waals surface area contributed by atoms with E-state index < -0.39 is 11.9 Å². The summed E-state index contributed by atoms with van der Waals surface area (Å²) >= 11 is 0. The van der Waals surface area contributed by atoms with Crippen LogP contribution in [0.5, 0.6) is 0 Å². The quantitative estimate of drug-likeness (QED) is 0.552. The van der Waals surface area contributed by atoms with Gasteiger partial charge in [-0.3, -0.25) is 0 Å². The summed E-state index contributed by atoms with van der Waals surface area (Å²) in [4.78, 5) is 19.2. The minimum Gasteiger partial charge on any atom is -0.478 e. The lowest BCUT2D eigenvalue weighted by Gasteiger charge is -1.99. The summed E-state index contributed by atoms with van der Waals surface area (Å²) in [5, 5.41) is 15.8. The van der Waals surface area contributed by atoms with E-state index in [0.29, 0.717) is 0 Å². The maximum atomic E-state index is 9.60. The maximum absolute atomic E-state index is 9.60. The molecule has 0 bridgehead atoms. The molecule has 0 atom stereocenters. The van der Waals surface area contributed by atoms with Crippen LogP contribution in [-0.4, -0.2) is 48.6 Å². The smallest absolute Gasteiger partial charge is 0.330 e. The first-order chi connectivity index (χ1) is 9.20. The Hall–Kier alpha value is -1.66. The van der Waals surface area contributed by atoms with Gasteiger partial charge in [0, 0.05) is 24.4 Å². The Labute approximate surface area is 120 Å². The van der Waals surface area contributed by atoms with Crippen LogP contribution >= 0.6 is 0 Å². The minimum absolute atomic E-state index is 0.176. The van der Waals surface area contributed by atoms with Crippen molar-refractivity contribution in [1.29, 1.82) is 0 Å². The number of carboxylic acid groups (broad SMARTS) is 2. The van der Waals surface area contributed by atoms with Crippen LogP contribution in [0.2, 0.25) is 0 Å². The van der Waals surface area contributed by atoms with Gasteiger partial charge >= 0.3 is 11.9 Å². The van der Waals surface area contributed by atoms with Crippen molar-refractivity contribution in [2.24, 2.45) is 0 Å². The monoisotopic (exact) mass is 290 g/mol. The van der Waals surface area contributed by atoms with Crippen LogP contribution in [0.3, 0.4) is 0 Å². The highest BCUT2D eigenvalue weighted by molar-refractivity contribution is 5.85. The van der Waals surface area contributed by atoms with Crippen LogP contribution in [0.15, 0.2) is 24.3 Å². The van der Waals surface area contributed by atoms with Crippen molar-refractivity contribution in [3.8, 4) is 0 Å². The summed E-state index contributed by atoms with van der Waals surface area (Å²) in [7, 11) is 0. The molecule has 0 aromatic heterocycles. The fourth-order valence-corrected chi connectivity index (χ4v) is 0.407. The summed E-state index contributed by atoms with van der Waals surface area (Å²) in [6, 6.07) is 0. The van der Waals surface area contributed by atoms with Gasteiger partial charge < -0.3 is 19.7 Å². The largest absolute Gasteiger partial charge is 0.478 e. The van der Waals surface area contributed by atoms with Gasteiger partial charge in [0.05, 0.1) is 13.2 Å². The van der Waals surface area contributed by atoms with Crippen molar-refractivity contribution in [1.82, 2.24) is 0 Å². The zero-order valence-corrected chi connectivity index (χ0v) is 12.8. The lowest BCUT2D eigenvalue weighted by molar-refractivity contribution is -0.133. The summed E-state index contributed by atoms with van der Waals surface area (Å²) in [6.07, 6.45) is 0. The molecule has 0 aliphatic rings. The molecule has 0 aromatic carbocycles. The zero-order valence-electron chi connectivity index (χ0n) is 12.8. The maximum Gasteiger partial charge on any atom is 0.330 e. The molecule has 0 aliphatic heterocycles. The van der Waals surface area contributed by atoms with Gasteiger partial charge in [-0.1, -0.05) is 13.2 Å². The molecule has 0 saturated heterocycles. The molecule has 0 fully saturated rings. The van der Waals surface area contributed by atoms with Gasteiger partial charge in [-0.05, 0) is 27.7 Å². The second kappa shape index (κ2) is 17.3. The highest BCUT2D eigenvalue weighted by atomic mass is 16.5. The van der Waals surface area contributed by atoms with Crippen molar-refractivity contribution in [2.75, 3.05) is 26.4 Å². The van der Waals surface area contributed by atoms with E-state index in [1.807, 2.05) is 13.8 Å². The van der Waals surface area contributed by atoms with Crippen LogP contribution in [-0.2, 0) is 19.1 Å². The fourth-order valence-electron chi connectivity index (χ4n) is 0.407. The van der Waals surface area contributed by atoms with Gasteiger partial charge in [-0.25, -0.2) is 9.59 Å². The van der Waals surface area contributed by atoms with Crippen molar-refractivity contribution in [2.45, 2.75) is 27.7 Å². The molecule has 118 valence electrons. The third-order valence-corrected chi connectivity index (χ3v) is 1.51. The first-order valence-corrected chi connectivity index (χ1v) is 6.13. The van der Waals surface area contributed by atoms with E-state index >= 15 is 0 Å². The third-order valence-electron chi connectivity index (χ3n) is 1.51. The molecule has 0 unspecified atom stereocenters. The standard InChI is InChI=1S/C6H14O2.2C4H6O2/c1-3-7-5-6-8-4-2;2*1-3(2)4(5)6/h3-6H2,1-2H3;2*1H2,2H3,(H,5,6). The van der Waals surface area contributed by atoms with Gasteiger partial charge in [-0.15, -0.1) is 0 Å². The Morgan fingerprint density at radius 1 is 0.850 bits per heavy atom. The Kier molecular flexibility index (Phi) is 20.3. The lowest BCUT2D eigenvalue weighted by Crippen LogP contribution is -2.02. The van der Waals surface area contributed by atoms with E-state index in [4.69, 9.17) is 19.7 Å². The number of aliphatic carboxylic acids is 2. The molecule has 0 heterocycles. The number of hydrogen-bond donors (Lipinski definition) is 2. The fraction of sp³-hybridized carbons (Fsp3) is 0.571. The SMILES string of the molecule is C=C(C)C(=O)O.C=C(C)C(=O)O.CCOCCOCC. The molecule has 0 aliphatic carbocycles. The van der Waals surface area contributed by atoms with Crippen molar-refractivity contribution >= 4 is 11.9 Å². The topological polar surface area (TPSA) is 93.1 Å². The second-order valence-corrected chi connectivity index (χ2v) is 3.56. The minimum atomic E-state index is -0.935. The molecule has 6 nitrogen and oxygen atoms in total. The van der Waals surface area contributed by atoms with Crippen molar-refractivity contribution in [3.05, 3.63) is 24.3 Å². The number of carboxylic acids is 2. The van der Waals surface area contributed by atoms with Crippen LogP contribution in [0.25, 0.3) is 0 Å². The molecule has 0 rings (SSSR count). The normalized spacial score (nSPS) is 8.40. The molecule has 2 N–H and O–H groups in total. The number of hydrogen-bond acceptors (Lipinski definition) is 4. The van der Waals surface area contributed by atoms with Crippen molar-refractivity contribution in [3.63, 3.8) is 0 Å². The highest BCUT2D eigenvalue weighted by Gasteiger charge is 1.90. The average Bonchev–Trinajstić information content (AvgIpc) is 2.36. The first-order valence-electron chi connectivity index (χ1n) is 6.13.